The van der Waals surface area contributed by atoms with E-state index in [9.17, 15) is 4.79 Å². The number of piperidine rings is 1. The second kappa shape index (κ2) is 7.45. The first-order valence-corrected chi connectivity index (χ1v) is 8.81. The summed E-state index contributed by atoms with van der Waals surface area (Å²) in [4.78, 5) is 13.9. The average Bonchev–Trinajstić information content (AvgIpc) is 2.95. The smallest absolute Gasteiger partial charge is 0.308 e. The molecule has 1 fully saturated rings. The van der Waals surface area contributed by atoms with Crippen LogP contribution in [0.2, 0.25) is 0 Å². The number of tetrazole rings is 1. The summed E-state index contributed by atoms with van der Waals surface area (Å²) in [6, 6.07) is 6.11. The molecule has 1 aliphatic heterocycles. The molecule has 0 saturated carbocycles. The Morgan fingerprint density at radius 1 is 1.24 bits per heavy atom. The molecule has 2 heterocycles. The molecule has 0 N–H and O–H groups in total. The van der Waals surface area contributed by atoms with Crippen LogP contribution in [-0.2, 0) is 16.2 Å². The fourth-order valence-corrected chi connectivity index (χ4v) is 3.53. The minimum Gasteiger partial charge on any atom is -0.469 e. The first-order chi connectivity index (χ1) is 12.0. The van der Waals surface area contributed by atoms with Crippen molar-refractivity contribution < 1.29 is 9.53 Å². The van der Waals surface area contributed by atoms with E-state index < -0.39 is 0 Å². The largest absolute Gasteiger partial charge is 0.469 e. The monoisotopic (exact) mass is 361 g/mol. The third kappa shape index (κ3) is 3.64. The predicted octanol–water partition coefficient (Wildman–Crippen LogP) is 2.26. The van der Waals surface area contributed by atoms with E-state index in [-0.39, 0.29) is 11.9 Å². The van der Waals surface area contributed by atoms with Gasteiger partial charge in [0.25, 0.3) is 0 Å². The number of hydrogen-bond acceptors (Lipinski definition) is 6. The number of rotatable bonds is 4. The van der Waals surface area contributed by atoms with Crippen LogP contribution < -0.4 is 0 Å². The van der Waals surface area contributed by atoms with Gasteiger partial charge >= 0.3 is 5.97 Å². The summed E-state index contributed by atoms with van der Waals surface area (Å²) in [6.45, 7) is 6.30. The minimum atomic E-state index is -0.114. The quantitative estimate of drug-likeness (QED) is 0.615. The van der Waals surface area contributed by atoms with Gasteiger partial charge in [0.2, 0.25) is 4.77 Å². The lowest BCUT2D eigenvalue weighted by Crippen LogP contribution is -2.38. The molecular formula is C17H23N5O2S. The molecule has 0 aliphatic carbocycles. The van der Waals surface area contributed by atoms with Gasteiger partial charge in [-0.05, 0) is 60.5 Å². The molecule has 0 bridgehead atoms. The molecular weight excluding hydrogens is 338 g/mol. The highest BCUT2D eigenvalue weighted by Gasteiger charge is 2.26. The van der Waals surface area contributed by atoms with Crippen molar-refractivity contribution in [2.24, 2.45) is 5.92 Å². The fraction of sp³-hybridized carbons (Fsp3) is 0.529. The standard InChI is InChI=1S/C17H23N5O2S/c1-12-5-4-6-13(2)15(12)22-17(25)21(18-19-22)11-20-9-7-14(8-10-20)16(23)24-3/h4-6,14H,7-11H2,1-3H3. The average molecular weight is 361 g/mol. The zero-order chi connectivity index (χ0) is 18.0. The van der Waals surface area contributed by atoms with E-state index in [0.717, 1.165) is 42.7 Å². The maximum Gasteiger partial charge on any atom is 0.308 e. The van der Waals surface area contributed by atoms with Crippen LogP contribution in [0.3, 0.4) is 0 Å². The zero-order valence-electron chi connectivity index (χ0n) is 14.8. The summed E-state index contributed by atoms with van der Waals surface area (Å²) >= 11 is 5.58. The number of para-hydroxylation sites is 1. The number of ether oxygens (including phenoxy) is 1. The summed E-state index contributed by atoms with van der Waals surface area (Å²) in [5.41, 5.74) is 3.22. The second-order valence-corrected chi connectivity index (χ2v) is 6.84. The summed E-state index contributed by atoms with van der Waals surface area (Å²) in [6.07, 6.45) is 1.59. The Labute approximate surface area is 152 Å². The molecule has 0 amide bonds. The van der Waals surface area contributed by atoms with Crippen molar-refractivity contribution in [1.29, 1.82) is 0 Å². The van der Waals surface area contributed by atoms with Crippen molar-refractivity contribution in [3.8, 4) is 5.69 Å². The highest BCUT2D eigenvalue weighted by atomic mass is 32.1. The number of esters is 1. The highest BCUT2D eigenvalue weighted by Crippen LogP contribution is 2.20. The molecule has 0 atom stereocenters. The molecule has 7 nitrogen and oxygen atoms in total. The van der Waals surface area contributed by atoms with Gasteiger partial charge in [-0.3, -0.25) is 9.69 Å². The van der Waals surface area contributed by atoms with Crippen LogP contribution in [0.15, 0.2) is 18.2 Å². The molecule has 1 aromatic heterocycles. The van der Waals surface area contributed by atoms with Crippen LogP contribution in [0.4, 0.5) is 0 Å². The van der Waals surface area contributed by atoms with Gasteiger partial charge < -0.3 is 4.74 Å². The number of methoxy groups -OCH3 is 1. The summed E-state index contributed by atoms with van der Waals surface area (Å²) < 4.78 is 8.87. The Morgan fingerprint density at radius 3 is 2.48 bits per heavy atom. The lowest BCUT2D eigenvalue weighted by Gasteiger charge is -2.29. The Kier molecular flexibility index (Phi) is 5.29. The molecule has 2 aromatic rings. The van der Waals surface area contributed by atoms with E-state index in [1.807, 2.05) is 32.0 Å². The molecule has 25 heavy (non-hydrogen) atoms. The third-order valence-electron chi connectivity index (χ3n) is 4.75. The molecule has 1 aromatic carbocycles. The number of nitrogens with zero attached hydrogens (tertiary/aromatic N) is 5. The maximum absolute atomic E-state index is 11.6. The fourth-order valence-electron chi connectivity index (χ4n) is 3.31. The summed E-state index contributed by atoms with van der Waals surface area (Å²) in [5.74, 6) is -0.114. The van der Waals surface area contributed by atoms with Crippen LogP contribution in [0.5, 0.6) is 0 Å². The van der Waals surface area contributed by atoms with Gasteiger partial charge in [-0.1, -0.05) is 18.2 Å². The van der Waals surface area contributed by atoms with Gasteiger partial charge in [0, 0.05) is 13.1 Å². The van der Waals surface area contributed by atoms with Gasteiger partial charge in [0.1, 0.15) is 0 Å². The lowest BCUT2D eigenvalue weighted by molar-refractivity contribution is -0.147. The molecule has 0 radical (unpaired) electrons. The Morgan fingerprint density at radius 2 is 1.88 bits per heavy atom. The maximum atomic E-state index is 11.6. The Balaban J connectivity index is 1.73. The van der Waals surface area contributed by atoms with E-state index in [1.165, 1.54) is 7.11 Å². The topological polar surface area (TPSA) is 65.2 Å². The van der Waals surface area contributed by atoms with Crippen LogP contribution in [-0.4, -0.2) is 50.9 Å². The number of carbonyl (C=O) groups excluding carboxylic acids is 1. The number of aromatic nitrogens is 4. The predicted molar refractivity (Wildman–Crippen MR) is 96.0 cm³/mol. The van der Waals surface area contributed by atoms with Crippen LogP contribution >= 0.6 is 12.2 Å². The van der Waals surface area contributed by atoms with Gasteiger partial charge in [-0.25, -0.2) is 4.68 Å². The number of aryl methyl sites for hydroxylation is 2. The van der Waals surface area contributed by atoms with Gasteiger partial charge in [-0.15, -0.1) is 0 Å². The number of likely N-dealkylation sites (tertiary alicyclic amines) is 1. The van der Waals surface area contributed by atoms with E-state index in [2.05, 4.69) is 15.3 Å². The van der Waals surface area contributed by atoms with Crippen LogP contribution in [0.25, 0.3) is 5.69 Å². The van der Waals surface area contributed by atoms with E-state index >= 15 is 0 Å². The second-order valence-electron chi connectivity index (χ2n) is 6.47. The number of hydrogen-bond donors (Lipinski definition) is 0. The van der Waals surface area contributed by atoms with Gasteiger partial charge in [0.15, 0.2) is 0 Å². The van der Waals surface area contributed by atoms with Crippen molar-refractivity contribution in [2.75, 3.05) is 20.2 Å². The molecule has 0 unspecified atom stereocenters. The van der Waals surface area contributed by atoms with Crippen LogP contribution in [0.1, 0.15) is 24.0 Å². The van der Waals surface area contributed by atoms with E-state index in [4.69, 9.17) is 17.0 Å². The zero-order valence-corrected chi connectivity index (χ0v) is 15.6. The SMILES string of the molecule is COC(=O)C1CCN(Cn2nnn(-c3c(C)cccc3C)c2=S)CC1. The molecule has 134 valence electrons. The molecule has 0 spiro atoms. The number of benzene rings is 1. The minimum absolute atomic E-state index is 0.000442. The Bertz CT molecular complexity index is 800. The molecule has 1 aliphatic rings. The first-order valence-electron chi connectivity index (χ1n) is 8.41. The molecule has 8 heteroatoms. The van der Waals surface area contributed by atoms with Gasteiger partial charge in [0.05, 0.1) is 25.4 Å². The Hall–Kier alpha value is -2.06. The number of carbonyl (C=O) groups is 1. The lowest BCUT2D eigenvalue weighted by atomic mass is 9.97. The van der Waals surface area contributed by atoms with Crippen molar-refractivity contribution in [1.82, 2.24) is 24.7 Å². The normalized spacial score (nSPS) is 16.1. The highest BCUT2D eigenvalue weighted by molar-refractivity contribution is 7.71. The third-order valence-corrected chi connectivity index (χ3v) is 5.13. The van der Waals surface area contributed by atoms with Crippen LogP contribution in [0, 0.1) is 24.5 Å². The summed E-state index contributed by atoms with van der Waals surface area (Å²) in [7, 11) is 1.44. The van der Waals surface area contributed by atoms with Gasteiger partial charge in [-0.2, -0.15) is 4.68 Å². The summed E-state index contributed by atoms with van der Waals surface area (Å²) in [5, 5.41) is 8.49. The van der Waals surface area contributed by atoms with Crippen molar-refractivity contribution >= 4 is 18.2 Å². The first kappa shape index (κ1) is 17.8. The van der Waals surface area contributed by atoms with E-state index in [0.29, 0.717) is 11.4 Å². The van der Waals surface area contributed by atoms with E-state index in [1.54, 1.807) is 9.36 Å². The van der Waals surface area contributed by atoms with Crippen molar-refractivity contribution in [3.05, 3.63) is 34.1 Å². The molecule has 3 rings (SSSR count). The van der Waals surface area contributed by atoms with Crippen molar-refractivity contribution in [3.63, 3.8) is 0 Å². The van der Waals surface area contributed by atoms with Crippen molar-refractivity contribution in [2.45, 2.75) is 33.4 Å². The molecule has 1 saturated heterocycles.